The van der Waals surface area contributed by atoms with Gasteiger partial charge in [-0.3, -0.25) is 9.80 Å². The highest BCUT2D eigenvalue weighted by atomic mass is 79.9. The number of carbonyl (C=O) groups is 1. The van der Waals surface area contributed by atoms with Crippen molar-refractivity contribution in [2.75, 3.05) is 40.9 Å². The second-order valence-corrected chi connectivity index (χ2v) is 8.77. The van der Waals surface area contributed by atoms with Crippen molar-refractivity contribution in [3.63, 3.8) is 0 Å². The van der Waals surface area contributed by atoms with Crippen molar-refractivity contribution in [2.24, 2.45) is 5.92 Å². The van der Waals surface area contributed by atoms with E-state index in [2.05, 4.69) is 39.8 Å². The van der Waals surface area contributed by atoms with Crippen LogP contribution >= 0.6 is 15.9 Å². The van der Waals surface area contributed by atoms with Crippen LogP contribution < -0.4 is 0 Å². The molecule has 4 atom stereocenters. The fraction of sp³-hybridized carbons (Fsp3) is 0.938. The van der Waals surface area contributed by atoms with Gasteiger partial charge in [-0.15, -0.1) is 0 Å². The van der Waals surface area contributed by atoms with Crippen LogP contribution in [0.25, 0.3) is 0 Å². The summed E-state index contributed by atoms with van der Waals surface area (Å²) < 4.78 is 11.0. The molecule has 0 radical (unpaired) electrons. The summed E-state index contributed by atoms with van der Waals surface area (Å²) in [4.78, 5) is 19.5. The highest BCUT2D eigenvalue weighted by molar-refractivity contribution is 9.09. The Morgan fingerprint density at radius 2 is 1.91 bits per heavy atom. The molecular formula is C16H30BrN3O3. The summed E-state index contributed by atoms with van der Waals surface area (Å²) >= 11 is 3.71. The van der Waals surface area contributed by atoms with E-state index in [1.807, 2.05) is 25.7 Å². The number of likely N-dealkylation sites (tertiary alicyclic amines) is 1. The van der Waals surface area contributed by atoms with Gasteiger partial charge in [-0.2, -0.15) is 0 Å². The maximum atomic E-state index is 12.7. The van der Waals surface area contributed by atoms with Gasteiger partial charge in [0.15, 0.2) is 0 Å². The zero-order chi connectivity index (χ0) is 17.4. The first-order valence-corrected chi connectivity index (χ1v) is 9.10. The van der Waals surface area contributed by atoms with Gasteiger partial charge in [-0.25, -0.2) is 4.79 Å². The Kier molecular flexibility index (Phi) is 5.98. The number of methoxy groups -OCH3 is 1. The Morgan fingerprint density at radius 3 is 2.39 bits per heavy atom. The van der Waals surface area contributed by atoms with E-state index in [1.54, 1.807) is 7.11 Å². The lowest BCUT2D eigenvalue weighted by atomic mass is 10.0. The quantitative estimate of drug-likeness (QED) is 0.544. The number of alkyl halides is 1. The summed E-state index contributed by atoms with van der Waals surface area (Å²) in [6, 6.07) is 0.113. The number of amides is 1. The topological polar surface area (TPSA) is 45.2 Å². The maximum absolute atomic E-state index is 12.7. The molecule has 0 bridgehead atoms. The SMILES string of the molecule is COC[C@H]1C[C@@H](C2N(C)CC(Br)N2C)N(C(=O)OC(C)(C)C)C1. The Bertz CT molecular complexity index is 429. The average molecular weight is 392 g/mol. The molecule has 2 unspecified atom stereocenters. The zero-order valence-electron chi connectivity index (χ0n) is 15.1. The van der Waals surface area contributed by atoms with Crippen molar-refractivity contribution in [3.05, 3.63) is 0 Å². The van der Waals surface area contributed by atoms with Crippen molar-refractivity contribution in [1.29, 1.82) is 0 Å². The first-order valence-electron chi connectivity index (χ1n) is 8.19. The Morgan fingerprint density at radius 1 is 1.26 bits per heavy atom. The van der Waals surface area contributed by atoms with Crippen molar-refractivity contribution >= 4 is 22.0 Å². The molecule has 7 heteroatoms. The fourth-order valence-electron chi connectivity index (χ4n) is 3.64. The predicted molar refractivity (Wildman–Crippen MR) is 93.6 cm³/mol. The highest BCUT2D eigenvalue weighted by Gasteiger charge is 2.47. The van der Waals surface area contributed by atoms with Gasteiger partial charge in [0.05, 0.1) is 23.8 Å². The smallest absolute Gasteiger partial charge is 0.410 e. The van der Waals surface area contributed by atoms with E-state index in [9.17, 15) is 4.79 Å². The molecule has 0 aromatic carbocycles. The van der Waals surface area contributed by atoms with Crippen molar-refractivity contribution < 1.29 is 14.3 Å². The number of hydrogen-bond acceptors (Lipinski definition) is 5. The molecule has 0 N–H and O–H groups in total. The molecule has 2 rings (SSSR count). The molecule has 0 aromatic heterocycles. The number of ether oxygens (including phenoxy) is 2. The fourth-order valence-corrected chi connectivity index (χ4v) is 4.34. The summed E-state index contributed by atoms with van der Waals surface area (Å²) in [5.74, 6) is 0.355. The zero-order valence-corrected chi connectivity index (χ0v) is 16.7. The second-order valence-electron chi connectivity index (χ2n) is 7.71. The van der Waals surface area contributed by atoms with Gasteiger partial charge < -0.3 is 14.4 Å². The van der Waals surface area contributed by atoms with Crippen LogP contribution in [-0.2, 0) is 9.47 Å². The van der Waals surface area contributed by atoms with Gasteiger partial charge in [0.25, 0.3) is 0 Å². The van der Waals surface area contributed by atoms with E-state index < -0.39 is 5.60 Å². The minimum absolute atomic E-state index is 0.113. The van der Waals surface area contributed by atoms with Gasteiger partial charge in [-0.05, 0) is 41.3 Å². The Labute approximate surface area is 148 Å². The van der Waals surface area contributed by atoms with E-state index >= 15 is 0 Å². The van der Waals surface area contributed by atoms with E-state index in [0.717, 1.165) is 13.0 Å². The van der Waals surface area contributed by atoms with Crippen LogP contribution in [0.5, 0.6) is 0 Å². The summed E-state index contributed by atoms with van der Waals surface area (Å²) in [6.07, 6.45) is 0.904. The molecule has 0 aromatic rings. The van der Waals surface area contributed by atoms with E-state index in [0.29, 0.717) is 24.0 Å². The van der Waals surface area contributed by atoms with Crippen molar-refractivity contribution in [2.45, 2.75) is 50.0 Å². The summed E-state index contributed by atoms with van der Waals surface area (Å²) in [5, 5.41) is 0. The lowest BCUT2D eigenvalue weighted by Gasteiger charge is -2.37. The predicted octanol–water partition coefficient (Wildman–Crippen LogP) is 2.18. The van der Waals surface area contributed by atoms with E-state index in [4.69, 9.17) is 9.47 Å². The Hall–Kier alpha value is -0.370. The van der Waals surface area contributed by atoms with E-state index in [-0.39, 0.29) is 18.3 Å². The third-order valence-corrected chi connectivity index (χ3v) is 5.49. The number of hydrogen-bond donors (Lipinski definition) is 0. The van der Waals surface area contributed by atoms with E-state index in [1.165, 1.54) is 0 Å². The molecule has 2 fully saturated rings. The van der Waals surface area contributed by atoms with Gasteiger partial charge in [0, 0.05) is 26.1 Å². The van der Waals surface area contributed by atoms with Gasteiger partial charge in [0.2, 0.25) is 0 Å². The van der Waals surface area contributed by atoms with Crippen LogP contribution in [0.2, 0.25) is 0 Å². The monoisotopic (exact) mass is 391 g/mol. The molecule has 2 saturated heterocycles. The molecule has 0 spiro atoms. The molecule has 0 aliphatic carbocycles. The molecule has 23 heavy (non-hydrogen) atoms. The molecule has 1 amide bonds. The lowest BCUT2D eigenvalue weighted by molar-refractivity contribution is 0.00615. The Balaban J connectivity index is 2.18. The number of carbonyl (C=O) groups excluding carboxylic acids is 1. The molecule has 2 aliphatic rings. The molecular weight excluding hydrogens is 362 g/mol. The highest BCUT2D eigenvalue weighted by Crippen LogP contribution is 2.34. The molecule has 2 aliphatic heterocycles. The first-order chi connectivity index (χ1) is 10.6. The summed E-state index contributed by atoms with van der Waals surface area (Å²) in [7, 11) is 5.93. The van der Waals surface area contributed by atoms with Gasteiger partial charge in [0.1, 0.15) is 5.60 Å². The van der Waals surface area contributed by atoms with Crippen LogP contribution in [0.15, 0.2) is 0 Å². The average Bonchev–Trinajstić information content (AvgIpc) is 2.90. The van der Waals surface area contributed by atoms with Crippen LogP contribution in [0.4, 0.5) is 4.79 Å². The van der Waals surface area contributed by atoms with Crippen LogP contribution in [0.1, 0.15) is 27.2 Å². The normalized spacial score (nSPS) is 33.4. The standard InChI is InChI=1S/C16H30BrN3O3/c1-16(2,3)23-15(21)20-8-11(10-22-6)7-12(20)14-18(4)9-13(17)19(14)5/h11-14H,7-10H2,1-6H3/t11-,12-,13?,14?/m0/s1. The minimum atomic E-state index is -0.480. The van der Waals surface area contributed by atoms with Crippen LogP contribution in [0.3, 0.4) is 0 Å². The molecule has 2 heterocycles. The maximum Gasteiger partial charge on any atom is 0.410 e. The first kappa shape index (κ1) is 19.0. The largest absolute Gasteiger partial charge is 0.444 e. The number of likely N-dealkylation sites (N-methyl/N-ethyl adjacent to an activating group) is 2. The third-order valence-electron chi connectivity index (χ3n) is 4.55. The van der Waals surface area contributed by atoms with Crippen LogP contribution in [-0.4, -0.2) is 84.5 Å². The number of rotatable bonds is 3. The molecule has 134 valence electrons. The lowest BCUT2D eigenvalue weighted by Crippen LogP contribution is -2.53. The summed E-state index contributed by atoms with van der Waals surface area (Å²) in [6.45, 7) is 8.03. The van der Waals surface area contributed by atoms with Crippen LogP contribution in [0, 0.1) is 5.92 Å². The minimum Gasteiger partial charge on any atom is -0.444 e. The number of halogens is 1. The second kappa shape index (κ2) is 7.25. The van der Waals surface area contributed by atoms with Gasteiger partial charge >= 0.3 is 6.09 Å². The number of nitrogens with zero attached hydrogens (tertiary/aromatic N) is 3. The summed E-state index contributed by atoms with van der Waals surface area (Å²) in [5.41, 5.74) is -0.480. The van der Waals surface area contributed by atoms with Crippen molar-refractivity contribution in [3.8, 4) is 0 Å². The third kappa shape index (κ3) is 4.38. The van der Waals surface area contributed by atoms with Gasteiger partial charge in [-0.1, -0.05) is 15.9 Å². The molecule has 6 nitrogen and oxygen atoms in total. The molecule has 0 saturated carbocycles. The van der Waals surface area contributed by atoms with Crippen molar-refractivity contribution in [1.82, 2.24) is 14.7 Å².